The lowest BCUT2D eigenvalue weighted by Crippen LogP contribution is -2.31. The molecule has 2 N–H and O–H groups in total. The normalized spacial score (nSPS) is 18.3. The predicted molar refractivity (Wildman–Crippen MR) is 108 cm³/mol. The molecule has 2 aromatic carbocycles. The number of rotatable bonds is 5. The zero-order chi connectivity index (χ0) is 19.2. The standard InChI is InChI=1S/C20H20N4O2S/c1-14(16-10-6-3-7-11-16)22-23-20(21)27-17-12-18(25)24(19(17)26)13-15-8-4-2-5-9-15/h2-11,17H,12-13H2,1H3,(H2,21,23)/b22-14-/t17-/m1/s1. The van der Waals surface area contributed by atoms with Crippen molar-refractivity contribution in [3.05, 3.63) is 71.8 Å². The van der Waals surface area contributed by atoms with Gasteiger partial charge in [-0.25, -0.2) is 0 Å². The van der Waals surface area contributed by atoms with Gasteiger partial charge in [0.15, 0.2) is 5.17 Å². The summed E-state index contributed by atoms with van der Waals surface area (Å²) in [6.07, 6.45) is 0.119. The van der Waals surface area contributed by atoms with Crippen molar-refractivity contribution in [1.29, 1.82) is 0 Å². The fourth-order valence-corrected chi connectivity index (χ4v) is 3.54. The van der Waals surface area contributed by atoms with E-state index in [0.717, 1.165) is 28.6 Å². The molecule has 1 heterocycles. The smallest absolute Gasteiger partial charge is 0.243 e. The summed E-state index contributed by atoms with van der Waals surface area (Å²) in [5.41, 5.74) is 8.49. The van der Waals surface area contributed by atoms with Crippen LogP contribution in [0.15, 0.2) is 70.9 Å². The van der Waals surface area contributed by atoms with Crippen molar-refractivity contribution in [2.75, 3.05) is 0 Å². The average Bonchev–Trinajstić information content (AvgIpc) is 2.95. The van der Waals surface area contributed by atoms with Crippen LogP contribution in [0.2, 0.25) is 0 Å². The van der Waals surface area contributed by atoms with E-state index < -0.39 is 5.25 Å². The topological polar surface area (TPSA) is 88.1 Å². The fourth-order valence-electron chi connectivity index (χ4n) is 2.71. The van der Waals surface area contributed by atoms with E-state index in [0.29, 0.717) is 0 Å². The second-order valence-electron chi connectivity index (χ2n) is 6.10. The Hall–Kier alpha value is -2.93. The third kappa shape index (κ3) is 4.83. The van der Waals surface area contributed by atoms with Gasteiger partial charge in [-0.15, -0.1) is 5.10 Å². The zero-order valence-electron chi connectivity index (χ0n) is 14.9. The van der Waals surface area contributed by atoms with Gasteiger partial charge in [-0.05, 0) is 18.1 Å². The number of thioether (sulfide) groups is 1. The maximum atomic E-state index is 12.6. The number of hydrogen-bond donors (Lipinski definition) is 1. The molecule has 1 atom stereocenters. The monoisotopic (exact) mass is 380 g/mol. The number of hydrogen-bond acceptors (Lipinski definition) is 5. The Balaban J connectivity index is 1.63. The van der Waals surface area contributed by atoms with Crippen molar-refractivity contribution >= 4 is 34.5 Å². The van der Waals surface area contributed by atoms with Crippen LogP contribution in [0.1, 0.15) is 24.5 Å². The van der Waals surface area contributed by atoms with E-state index >= 15 is 0 Å². The molecule has 3 rings (SSSR count). The SMILES string of the molecule is C/C(=N/N=C(N)S[C@@H]1CC(=O)N(Cc2ccccc2)C1=O)c1ccccc1. The van der Waals surface area contributed by atoms with Crippen molar-refractivity contribution in [3.63, 3.8) is 0 Å². The minimum atomic E-state index is -0.558. The van der Waals surface area contributed by atoms with Crippen molar-refractivity contribution < 1.29 is 9.59 Å². The van der Waals surface area contributed by atoms with Crippen LogP contribution in [-0.4, -0.2) is 32.8 Å². The summed E-state index contributed by atoms with van der Waals surface area (Å²) in [6.45, 7) is 2.11. The molecule has 6 nitrogen and oxygen atoms in total. The lowest BCUT2D eigenvalue weighted by Gasteiger charge is -2.14. The minimum Gasteiger partial charge on any atom is -0.377 e. The summed E-state index contributed by atoms with van der Waals surface area (Å²) in [6, 6.07) is 19.0. The maximum Gasteiger partial charge on any atom is 0.243 e. The molecule has 0 radical (unpaired) electrons. The molecule has 0 bridgehead atoms. The molecule has 0 aliphatic carbocycles. The molecule has 0 aromatic heterocycles. The van der Waals surface area contributed by atoms with E-state index in [9.17, 15) is 9.59 Å². The maximum absolute atomic E-state index is 12.6. The molecule has 27 heavy (non-hydrogen) atoms. The molecule has 7 heteroatoms. The molecule has 0 unspecified atom stereocenters. The zero-order valence-corrected chi connectivity index (χ0v) is 15.7. The summed E-state index contributed by atoms with van der Waals surface area (Å²) in [5, 5.41) is 7.72. The van der Waals surface area contributed by atoms with Gasteiger partial charge >= 0.3 is 0 Å². The number of amides is 2. The van der Waals surface area contributed by atoms with Gasteiger partial charge in [0.25, 0.3) is 0 Å². The van der Waals surface area contributed by atoms with Crippen LogP contribution >= 0.6 is 11.8 Å². The highest BCUT2D eigenvalue weighted by Gasteiger charge is 2.39. The summed E-state index contributed by atoms with van der Waals surface area (Å²) in [7, 11) is 0. The fraction of sp³-hybridized carbons (Fsp3) is 0.200. The largest absolute Gasteiger partial charge is 0.377 e. The molecule has 138 valence electrons. The highest BCUT2D eigenvalue weighted by Crippen LogP contribution is 2.26. The van der Waals surface area contributed by atoms with Crippen molar-refractivity contribution in [2.45, 2.75) is 25.1 Å². The van der Waals surface area contributed by atoms with E-state index in [2.05, 4.69) is 10.2 Å². The van der Waals surface area contributed by atoms with Gasteiger partial charge in [0.05, 0.1) is 12.3 Å². The number of nitrogens with two attached hydrogens (primary N) is 1. The molecule has 1 saturated heterocycles. The van der Waals surface area contributed by atoms with Crippen LogP contribution < -0.4 is 5.73 Å². The van der Waals surface area contributed by atoms with Crippen molar-refractivity contribution in [1.82, 2.24) is 4.90 Å². The number of amidine groups is 1. The Morgan fingerprint density at radius 1 is 1.07 bits per heavy atom. The highest BCUT2D eigenvalue weighted by atomic mass is 32.2. The number of benzene rings is 2. The Bertz CT molecular complexity index is 881. The Kier molecular flexibility index (Phi) is 6.03. The summed E-state index contributed by atoms with van der Waals surface area (Å²) >= 11 is 1.08. The number of nitrogens with zero attached hydrogens (tertiary/aromatic N) is 3. The quantitative estimate of drug-likeness (QED) is 0.374. The molecule has 1 aliphatic rings. The minimum absolute atomic E-state index is 0.119. The van der Waals surface area contributed by atoms with Gasteiger partial charge < -0.3 is 5.73 Å². The molecule has 2 amide bonds. The lowest BCUT2D eigenvalue weighted by atomic mass is 10.1. The van der Waals surface area contributed by atoms with Crippen LogP contribution in [0.3, 0.4) is 0 Å². The first-order valence-electron chi connectivity index (χ1n) is 8.52. The number of carbonyl (C=O) groups excluding carboxylic acids is 2. The lowest BCUT2D eigenvalue weighted by molar-refractivity contribution is -0.138. The van der Waals surface area contributed by atoms with Gasteiger partial charge in [0, 0.05) is 6.42 Å². The first kappa shape index (κ1) is 18.8. The van der Waals surface area contributed by atoms with Crippen LogP contribution in [-0.2, 0) is 16.1 Å². The molecule has 0 spiro atoms. The highest BCUT2D eigenvalue weighted by molar-refractivity contribution is 8.14. The predicted octanol–water partition coefficient (Wildman–Crippen LogP) is 2.79. The van der Waals surface area contributed by atoms with Crippen LogP contribution in [0.5, 0.6) is 0 Å². The van der Waals surface area contributed by atoms with Gasteiger partial charge in [0.2, 0.25) is 11.8 Å². The first-order chi connectivity index (χ1) is 13.0. The van der Waals surface area contributed by atoms with Gasteiger partial charge in [0.1, 0.15) is 5.25 Å². The van der Waals surface area contributed by atoms with Crippen LogP contribution in [0.4, 0.5) is 0 Å². The summed E-state index contributed by atoms with van der Waals surface area (Å²) in [4.78, 5) is 26.0. The molecule has 2 aromatic rings. The van der Waals surface area contributed by atoms with E-state index in [1.54, 1.807) is 0 Å². The van der Waals surface area contributed by atoms with Gasteiger partial charge in [-0.3, -0.25) is 14.5 Å². The van der Waals surface area contributed by atoms with E-state index in [1.165, 1.54) is 4.90 Å². The Labute approximate surface area is 162 Å². The van der Waals surface area contributed by atoms with Gasteiger partial charge in [-0.1, -0.05) is 72.4 Å². The van der Waals surface area contributed by atoms with Crippen molar-refractivity contribution in [2.24, 2.45) is 15.9 Å². The second kappa shape index (κ2) is 8.64. The third-order valence-electron chi connectivity index (χ3n) is 4.14. The van der Waals surface area contributed by atoms with Crippen LogP contribution in [0, 0.1) is 0 Å². The van der Waals surface area contributed by atoms with Gasteiger partial charge in [-0.2, -0.15) is 5.10 Å². The molecule has 1 fully saturated rings. The average molecular weight is 380 g/mol. The Morgan fingerprint density at radius 2 is 1.70 bits per heavy atom. The summed E-state index contributed by atoms with van der Waals surface area (Å²) < 4.78 is 0. The molecular formula is C20H20N4O2S. The summed E-state index contributed by atoms with van der Waals surface area (Å²) in [5.74, 6) is -0.436. The van der Waals surface area contributed by atoms with E-state index in [1.807, 2.05) is 67.6 Å². The number of imide groups is 1. The van der Waals surface area contributed by atoms with Crippen LogP contribution in [0.25, 0.3) is 0 Å². The second-order valence-corrected chi connectivity index (χ2v) is 7.33. The van der Waals surface area contributed by atoms with Crippen molar-refractivity contribution in [3.8, 4) is 0 Å². The number of carbonyl (C=O) groups is 2. The van der Waals surface area contributed by atoms with E-state index in [4.69, 9.17) is 5.73 Å². The molecule has 1 aliphatic heterocycles. The Morgan fingerprint density at radius 3 is 2.37 bits per heavy atom. The van der Waals surface area contributed by atoms with E-state index in [-0.39, 0.29) is 29.9 Å². The number of likely N-dealkylation sites (tertiary alicyclic amines) is 1. The first-order valence-corrected chi connectivity index (χ1v) is 9.40. The third-order valence-corrected chi connectivity index (χ3v) is 5.12. The molecular weight excluding hydrogens is 360 g/mol. The molecule has 0 saturated carbocycles.